The lowest BCUT2D eigenvalue weighted by atomic mass is 10.1. The van der Waals surface area contributed by atoms with E-state index < -0.39 is 17.4 Å². The first kappa shape index (κ1) is 12.6. The monoisotopic (exact) mass is 267 g/mol. The summed E-state index contributed by atoms with van der Waals surface area (Å²) >= 11 is 5.64. The van der Waals surface area contributed by atoms with Crippen LogP contribution in [0.15, 0.2) is 36.5 Å². The fourth-order valence-electron chi connectivity index (χ4n) is 1.48. The smallest absolute Gasteiger partial charge is 0.185 e. The Kier molecular flexibility index (Phi) is 3.67. The largest absolute Gasteiger partial charge is 0.292 e. The molecule has 0 bridgehead atoms. The van der Waals surface area contributed by atoms with Crippen LogP contribution in [0.4, 0.5) is 8.78 Å². The average Bonchev–Trinajstić information content (AvgIpc) is 2.34. The number of hydrogen-bond acceptors (Lipinski definition) is 2. The summed E-state index contributed by atoms with van der Waals surface area (Å²) in [6, 6.07) is 5.96. The molecule has 1 aromatic heterocycles. The van der Waals surface area contributed by atoms with Gasteiger partial charge in [0.2, 0.25) is 0 Å². The van der Waals surface area contributed by atoms with Crippen molar-refractivity contribution < 1.29 is 13.6 Å². The van der Waals surface area contributed by atoms with Gasteiger partial charge in [0.25, 0.3) is 0 Å². The van der Waals surface area contributed by atoms with Gasteiger partial charge in [0.1, 0.15) is 17.3 Å². The summed E-state index contributed by atoms with van der Waals surface area (Å²) in [5.41, 5.74) is 0.180. The lowest BCUT2D eigenvalue weighted by Gasteiger charge is -2.03. The van der Waals surface area contributed by atoms with Crippen molar-refractivity contribution in [3.63, 3.8) is 0 Å². The molecule has 1 aromatic carbocycles. The topological polar surface area (TPSA) is 30.0 Å². The highest BCUT2D eigenvalue weighted by atomic mass is 35.5. The van der Waals surface area contributed by atoms with E-state index in [1.807, 2.05) is 0 Å². The van der Waals surface area contributed by atoms with Crippen molar-refractivity contribution in [3.05, 3.63) is 64.4 Å². The van der Waals surface area contributed by atoms with Gasteiger partial charge in [-0.05, 0) is 35.9 Å². The Hall–Kier alpha value is -1.81. The molecule has 0 unspecified atom stereocenters. The van der Waals surface area contributed by atoms with Gasteiger partial charge in [-0.15, -0.1) is 0 Å². The third-order valence-corrected chi connectivity index (χ3v) is 2.60. The molecule has 0 N–H and O–H groups in total. The zero-order chi connectivity index (χ0) is 13.1. The van der Waals surface area contributed by atoms with E-state index >= 15 is 0 Å². The van der Waals surface area contributed by atoms with Crippen LogP contribution >= 0.6 is 11.6 Å². The van der Waals surface area contributed by atoms with Gasteiger partial charge in [0, 0.05) is 12.6 Å². The Labute approximate surface area is 107 Å². The molecule has 2 nitrogen and oxygen atoms in total. The molecule has 18 heavy (non-hydrogen) atoms. The molecule has 2 rings (SSSR count). The summed E-state index contributed by atoms with van der Waals surface area (Å²) in [6.45, 7) is 0. The maximum Gasteiger partial charge on any atom is 0.185 e. The van der Waals surface area contributed by atoms with Crippen LogP contribution in [0.5, 0.6) is 0 Å². The highest BCUT2D eigenvalue weighted by Crippen LogP contribution is 2.13. The minimum atomic E-state index is -0.612. The number of hydrogen-bond donors (Lipinski definition) is 0. The Balaban J connectivity index is 2.21. The molecule has 0 radical (unpaired) electrons. The molecule has 0 amide bonds. The van der Waals surface area contributed by atoms with Gasteiger partial charge in [-0.1, -0.05) is 11.6 Å². The van der Waals surface area contributed by atoms with Crippen LogP contribution in [0, 0.1) is 11.6 Å². The SMILES string of the molecule is O=C(Cc1cc(F)ccc1F)c1ccc(Cl)cn1. The fraction of sp³-hybridized carbons (Fsp3) is 0.0769. The van der Waals surface area contributed by atoms with Crippen molar-refractivity contribution in [1.29, 1.82) is 0 Å². The minimum absolute atomic E-state index is 0.0109. The van der Waals surface area contributed by atoms with Gasteiger partial charge in [0.05, 0.1) is 5.02 Å². The Bertz CT molecular complexity index is 584. The van der Waals surface area contributed by atoms with E-state index in [2.05, 4.69) is 4.98 Å². The van der Waals surface area contributed by atoms with Gasteiger partial charge < -0.3 is 0 Å². The van der Waals surface area contributed by atoms with Crippen LogP contribution < -0.4 is 0 Å². The molecule has 0 saturated carbocycles. The number of aromatic nitrogens is 1. The zero-order valence-corrected chi connectivity index (χ0v) is 9.92. The third kappa shape index (κ3) is 2.90. The minimum Gasteiger partial charge on any atom is -0.292 e. The molecule has 5 heteroatoms. The fourth-order valence-corrected chi connectivity index (χ4v) is 1.59. The molecule has 2 aromatic rings. The molecule has 0 aliphatic carbocycles. The molecule has 92 valence electrons. The van der Waals surface area contributed by atoms with Gasteiger partial charge in [-0.3, -0.25) is 9.78 Å². The highest BCUT2D eigenvalue weighted by Gasteiger charge is 2.12. The van der Waals surface area contributed by atoms with Crippen LogP contribution in [0.2, 0.25) is 5.02 Å². The van der Waals surface area contributed by atoms with E-state index in [0.29, 0.717) is 5.02 Å². The van der Waals surface area contributed by atoms with Crippen molar-refractivity contribution in [2.45, 2.75) is 6.42 Å². The number of halogens is 3. The molecular weight excluding hydrogens is 260 g/mol. The number of Topliss-reactive ketones (excluding diaryl/α,β-unsaturated/α-hetero) is 1. The second kappa shape index (κ2) is 5.23. The van der Waals surface area contributed by atoms with E-state index in [1.165, 1.54) is 18.3 Å². The summed E-state index contributed by atoms with van der Waals surface area (Å²) in [5, 5.41) is 0.406. The number of carbonyl (C=O) groups excluding carboxylic acids is 1. The molecule has 0 aliphatic rings. The van der Waals surface area contributed by atoms with Crippen LogP contribution in [-0.4, -0.2) is 10.8 Å². The first-order valence-corrected chi connectivity index (χ1v) is 5.53. The predicted molar refractivity (Wildman–Crippen MR) is 63.6 cm³/mol. The van der Waals surface area contributed by atoms with Crippen molar-refractivity contribution in [2.24, 2.45) is 0 Å². The quantitative estimate of drug-likeness (QED) is 0.798. The van der Waals surface area contributed by atoms with E-state index in [9.17, 15) is 13.6 Å². The number of carbonyl (C=O) groups is 1. The van der Waals surface area contributed by atoms with Crippen LogP contribution in [-0.2, 0) is 6.42 Å². The summed E-state index contributed by atoms with van der Waals surface area (Å²) < 4.78 is 26.3. The summed E-state index contributed by atoms with van der Waals surface area (Å²) in [4.78, 5) is 15.6. The molecule has 0 saturated heterocycles. The number of benzene rings is 1. The Morgan fingerprint density at radius 2 is 2.00 bits per heavy atom. The highest BCUT2D eigenvalue weighted by molar-refractivity contribution is 6.30. The summed E-state index contributed by atoms with van der Waals surface area (Å²) in [5.74, 6) is -1.59. The number of nitrogens with zero attached hydrogens (tertiary/aromatic N) is 1. The van der Waals surface area contributed by atoms with E-state index in [0.717, 1.165) is 18.2 Å². The Morgan fingerprint density at radius 1 is 1.22 bits per heavy atom. The van der Waals surface area contributed by atoms with Crippen LogP contribution in [0.1, 0.15) is 16.1 Å². The second-order valence-electron chi connectivity index (χ2n) is 3.70. The third-order valence-electron chi connectivity index (χ3n) is 2.37. The van der Waals surface area contributed by atoms with Gasteiger partial charge in [0.15, 0.2) is 5.78 Å². The average molecular weight is 268 g/mol. The summed E-state index contributed by atoms with van der Waals surface area (Å²) in [7, 11) is 0. The molecule has 0 aliphatic heterocycles. The molecule has 0 fully saturated rings. The number of ketones is 1. The summed E-state index contributed by atoms with van der Waals surface area (Å²) in [6.07, 6.45) is 1.09. The van der Waals surface area contributed by atoms with Crippen LogP contribution in [0.3, 0.4) is 0 Å². The van der Waals surface area contributed by atoms with E-state index in [4.69, 9.17) is 11.6 Å². The first-order valence-electron chi connectivity index (χ1n) is 5.15. The standard InChI is InChI=1S/C13H8ClF2NO/c14-9-1-4-12(17-7-9)13(18)6-8-5-10(15)2-3-11(8)16/h1-5,7H,6H2. The van der Waals surface area contributed by atoms with Crippen molar-refractivity contribution in [1.82, 2.24) is 4.98 Å². The molecule has 0 atom stereocenters. The van der Waals surface area contributed by atoms with Gasteiger partial charge in [-0.25, -0.2) is 8.78 Å². The lowest BCUT2D eigenvalue weighted by Crippen LogP contribution is -2.07. The maximum atomic E-state index is 13.3. The van der Waals surface area contributed by atoms with Crippen molar-refractivity contribution in [3.8, 4) is 0 Å². The van der Waals surface area contributed by atoms with Crippen molar-refractivity contribution in [2.75, 3.05) is 0 Å². The molecular formula is C13H8ClF2NO. The second-order valence-corrected chi connectivity index (χ2v) is 4.13. The lowest BCUT2D eigenvalue weighted by molar-refractivity contribution is 0.0987. The normalized spacial score (nSPS) is 10.4. The Morgan fingerprint density at radius 3 is 2.67 bits per heavy atom. The number of pyridine rings is 1. The number of rotatable bonds is 3. The first-order chi connectivity index (χ1) is 8.56. The van der Waals surface area contributed by atoms with E-state index in [-0.39, 0.29) is 17.7 Å². The van der Waals surface area contributed by atoms with Gasteiger partial charge in [-0.2, -0.15) is 0 Å². The maximum absolute atomic E-state index is 13.3. The molecule has 0 spiro atoms. The molecule has 1 heterocycles. The van der Waals surface area contributed by atoms with Crippen molar-refractivity contribution >= 4 is 17.4 Å². The van der Waals surface area contributed by atoms with Gasteiger partial charge >= 0.3 is 0 Å². The zero-order valence-electron chi connectivity index (χ0n) is 9.16. The van der Waals surface area contributed by atoms with E-state index in [1.54, 1.807) is 0 Å². The predicted octanol–water partition coefficient (Wildman–Crippen LogP) is 3.44. The van der Waals surface area contributed by atoms with Crippen LogP contribution in [0.25, 0.3) is 0 Å².